The number of carbonyl (C=O) groups is 3. The summed E-state index contributed by atoms with van der Waals surface area (Å²) in [6.07, 6.45) is 0. The lowest BCUT2D eigenvalue weighted by Gasteiger charge is -2.36. The number of piperazine rings is 1. The van der Waals surface area contributed by atoms with Gasteiger partial charge in [0.2, 0.25) is 0 Å². The fraction of sp³-hybridized carbons (Fsp3) is 0.357. The highest BCUT2D eigenvalue weighted by Gasteiger charge is 2.37. The Labute approximate surface area is 121 Å². The van der Waals surface area contributed by atoms with E-state index in [-0.39, 0.29) is 29.1 Å². The van der Waals surface area contributed by atoms with Crippen molar-refractivity contribution in [2.75, 3.05) is 26.2 Å². The Balaban J connectivity index is 1.81. The van der Waals surface area contributed by atoms with Gasteiger partial charge in [-0.1, -0.05) is 12.1 Å². The largest absolute Gasteiger partial charge is 0.478 e. The molecule has 1 aromatic carbocycles. The topological polar surface area (TPSA) is 90.0 Å². The summed E-state index contributed by atoms with van der Waals surface area (Å²) in [7, 11) is 0. The quantitative estimate of drug-likeness (QED) is 0.815. The minimum absolute atomic E-state index is 0.00514. The van der Waals surface area contributed by atoms with Crippen molar-refractivity contribution in [1.29, 1.82) is 0 Å². The van der Waals surface area contributed by atoms with E-state index in [1.165, 1.54) is 12.1 Å². The van der Waals surface area contributed by atoms with Crippen molar-refractivity contribution < 1.29 is 19.5 Å². The number of amides is 3. The molecule has 0 aromatic heterocycles. The van der Waals surface area contributed by atoms with E-state index in [0.717, 1.165) is 0 Å². The summed E-state index contributed by atoms with van der Waals surface area (Å²) in [6, 6.07) is 6.06. The summed E-state index contributed by atoms with van der Waals surface area (Å²) >= 11 is 0. The molecular weight excluding hydrogens is 274 g/mol. The first-order valence-corrected chi connectivity index (χ1v) is 6.74. The number of rotatable bonds is 2. The number of nitrogens with zero attached hydrogens (tertiary/aromatic N) is 2. The highest BCUT2D eigenvalue weighted by Crippen LogP contribution is 2.18. The van der Waals surface area contributed by atoms with E-state index in [1.807, 2.05) is 0 Å². The zero-order valence-electron chi connectivity index (χ0n) is 11.3. The van der Waals surface area contributed by atoms with Gasteiger partial charge >= 0.3 is 12.0 Å². The molecule has 2 saturated heterocycles. The van der Waals surface area contributed by atoms with Gasteiger partial charge in [0, 0.05) is 26.2 Å². The van der Waals surface area contributed by atoms with Crippen molar-refractivity contribution in [2.24, 2.45) is 0 Å². The molecule has 2 heterocycles. The molecule has 3 amide bonds. The fourth-order valence-electron chi connectivity index (χ4n) is 2.81. The van der Waals surface area contributed by atoms with Gasteiger partial charge in [0.25, 0.3) is 5.91 Å². The highest BCUT2D eigenvalue weighted by atomic mass is 16.4. The lowest BCUT2D eigenvalue weighted by molar-refractivity contribution is 0.0600. The number of aromatic carboxylic acids is 1. The number of fused-ring (bicyclic) bond motifs is 1. The summed E-state index contributed by atoms with van der Waals surface area (Å²) in [4.78, 5) is 38.6. The molecule has 3 rings (SSSR count). The molecule has 0 aliphatic carbocycles. The minimum atomic E-state index is -1.12. The maximum Gasteiger partial charge on any atom is 0.336 e. The number of carboxylic acids is 1. The van der Waals surface area contributed by atoms with Crippen LogP contribution in [-0.2, 0) is 0 Å². The zero-order valence-corrected chi connectivity index (χ0v) is 11.3. The van der Waals surface area contributed by atoms with E-state index in [9.17, 15) is 14.4 Å². The van der Waals surface area contributed by atoms with Gasteiger partial charge in [-0.05, 0) is 12.1 Å². The van der Waals surface area contributed by atoms with Crippen molar-refractivity contribution in [3.8, 4) is 0 Å². The van der Waals surface area contributed by atoms with Gasteiger partial charge in [-0.25, -0.2) is 9.59 Å². The van der Waals surface area contributed by atoms with Gasteiger partial charge < -0.3 is 20.2 Å². The molecule has 1 atom stereocenters. The van der Waals surface area contributed by atoms with Crippen LogP contribution in [0, 0.1) is 0 Å². The minimum Gasteiger partial charge on any atom is -0.478 e. The zero-order chi connectivity index (χ0) is 15.0. The molecule has 21 heavy (non-hydrogen) atoms. The van der Waals surface area contributed by atoms with Crippen molar-refractivity contribution >= 4 is 17.9 Å². The molecule has 2 aliphatic heterocycles. The first-order valence-electron chi connectivity index (χ1n) is 6.74. The molecule has 0 saturated carbocycles. The highest BCUT2D eigenvalue weighted by molar-refractivity contribution is 6.04. The molecule has 110 valence electrons. The number of hydrogen-bond donors (Lipinski definition) is 2. The van der Waals surface area contributed by atoms with E-state index in [0.29, 0.717) is 26.2 Å². The van der Waals surface area contributed by atoms with E-state index in [1.54, 1.807) is 21.9 Å². The summed E-state index contributed by atoms with van der Waals surface area (Å²) in [5, 5.41) is 11.9. The van der Waals surface area contributed by atoms with E-state index < -0.39 is 5.97 Å². The molecular formula is C14H15N3O4. The predicted molar refractivity (Wildman–Crippen MR) is 73.2 cm³/mol. The maximum absolute atomic E-state index is 12.5. The summed E-state index contributed by atoms with van der Waals surface area (Å²) in [6.45, 7) is 1.82. The number of hydrogen-bond acceptors (Lipinski definition) is 3. The second kappa shape index (κ2) is 5.08. The Morgan fingerprint density at radius 3 is 2.62 bits per heavy atom. The third-order valence-electron chi connectivity index (χ3n) is 3.91. The molecule has 2 aliphatic rings. The SMILES string of the molecule is O=C(O)c1ccccc1C(=O)N1CCN2C(=O)NCC2C1. The number of nitrogens with one attached hydrogen (secondary N) is 1. The van der Waals surface area contributed by atoms with Crippen LogP contribution in [0.5, 0.6) is 0 Å². The van der Waals surface area contributed by atoms with Gasteiger partial charge in [0.15, 0.2) is 0 Å². The van der Waals surface area contributed by atoms with E-state index >= 15 is 0 Å². The summed E-state index contributed by atoms with van der Waals surface area (Å²) < 4.78 is 0. The first kappa shape index (κ1) is 13.4. The first-order chi connectivity index (χ1) is 10.1. The molecule has 1 unspecified atom stereocenters. The number of benzene rings is 1. The molecule has 0 bridgehead atoms. The summed E-state index contributed by atoms with van der Waals surface area (Å²) in [5.41, 5.74) is 0.196. The lowest BCUT2D eigenvalue weighted by atomic mass is 10.1. The second-order valence-corrected chi connectivity index (χ2v) is 5.14. The second-order valence-electron chi connectivity index (χ2n) is 5.14. The van der Waals surface area contributed by atoms with Gasteiger partial charge in [-0.2, -0.15) is 0 Å². The molecule has 2 N–H and O–H groups in total. The Kier molecular flexibility index (Phi) is 3.25. The van der Waals surface area contributed by atoms with E-state index in [2.05, 4.69) is 5.32 Å². The van der Waals surface area contributed by atoms with E-state index in [4.69, 9.17) is 5.11 Å². The van der Waals surface area contributed by atoms with Crippen LogP contribution in [0.15, 0.2) is 24.3 Å². The van der Waals surface area contributed by atoms with Crippen LogP contribution in [0.2, 0.25) is 0 Å². The monoisotopic (exact) mass is 289 g/mol. The Morgan fingerprint density at radius 2 is 1.90 bits per heavy atom. The van der Waals surface area contributed by atoms with Crippen LogP contribution in [0.25, 0.3) is 0 Å². The molecule has 7 nitrogen and oxygen atoms in total. The number of urea groups is 1. The molecule has 0 radical (unpaired) electrons. The number of carbonyl (C=O) groups excluding carboxylic acids is 2. The van der Waals surface area contributed by atoms with Crippen molar-refractivity contribution in [3.63, 3.8) is 0 Å². The Hall–Kier alpha value is -2.57. The molecule has 1 aromatic rings. The Bertz CT molecular complexity index is 616. The van der Waals surface area contributed by atoms with Crippen molar-refractivity contribution in [1.82, 2.24) is 15.1 Å². The fourth-order valence-corrected chi connectivity index (χ4v) is 2.81. The van der Waals surface area contributed by atoms with Gasteiger partial charge in [-0.3, -0.25) is 4.79 Å². The van der Waals surface area contributed by atoms with Crippen molar-refractivity contribution in [3.05, 3.63) is 35.4 Å². The molecule has 2 fully saturated rings. The van der Waals surface area contributed by atoms with Crippen LogP contribution in [0.4, 0.5) is 4.79 Å². The third-order valence-corrected chi connectivity index (χ3v) is 3.91. The maximum atomic E-state index is 12.5. The van der Waals surface area contributed by atoms with Gasteiger partial charge in [0.05, 0.1) is 17.2 Å². The normalized spacial score (nSPS) is 21.0. The lowest BCUT2D eigenvalue weighted by Crippen LogP contribution is -2.53. The summed E-state index contributed by atoms with van der Waals surface area (Å²) in [5.74, 6) is -1.41. The average Bonchev–Trinajstić information content (AvgIpc) is 2.87. The van der Waals surface area contributed by atoms with Crippen LogP contribution in [-0.4, -0.2) is 65.0 Å². The van der Waals surface area contributed by atoms with Crippen LogP contribution < -0.4 is 5.32 Å². The average molecular weight is 289 g/mol. The van der Waals surface area contributed by atoms with Gasteiger partial charge in [-0.15, -0.1) is 0 Å². The third kappa shape index (κ3) is 2.31. The smallest absolute Gasteiger partial charge is 0.336 e. The van der Waals surface area contributed by atoms with Gasteiger partial charge in [0.1, 0.15) is 0 Å². The standard InChI is InChI=1S/C14H15N3O4/c18-12(10-3-1-2-4-11(10)13(19)20)16-5-6-17-9(8-16)7-15-14(17)21/h1-4,9H,5-8H2,(H,15,21)(H,19,20). The van der Waals surface area contributed by atoms with Crippen molar-refractivity contribution in [2.45, 2.75) is 6.04 Å². The molecule has 7 heteroatoms. The van der Waals surface area contributed by atoms with Crippen LogP contribution in [0.1, 0.15) is 20.7 Å². The molecule has 0 spiro atoms. The predicted octanol–water partition coefficient (Wildman–Crippen LogP) is 0.234. The van der Waals surface area contributed by atoms with Crippen LogP contribution >= 0.6 is 0 Å². The Morgan fingerprint density at radius 1 is 1.19 bits per heavy atom. The number of carboxylic acid groups (broad SMARTS) is 1. The van der Waals surface area contributed by atoms with Crippen LogP contribution in [0.3, 0.4) is 0 Å².